The Bertz CT molecular complexity index is 532. The molecule has 0 saturated heterocycles. The minimum absolute atomic E-state index is 0.737. The van der Waals surface area contributed by atoms with Crippen LogP contribution in [-0.4, -0.2) is 10.7 Å². The minimum atomic E-state index is 0.737. The summed E-state index contributed by atoms with van der Waals surface area (Å²) < 4.78 is 5.70. The van der Waals surface area contributed by atoms with Crippen molar-refractivity contribution in [1.82, 2.24) is 4.98 Å². The summed E-state index contributed by atoms with van der Waals surface area (Å²) in [4.78, 5) is 4.47. The molecule has 4 heteroatoms. The van der Waals surface area contributed by atoms with Gasteiger partial charge in [-0.15, -0.1) is 0 Å². The van der Waals surface area contributed by atoms with Gasteiger partial charge in [-0.1, -0.05) is 12.8 Å². The third-order valence-corrected chi connectivity index (χ3v) is 4.67. The number of rotatable bonds is 4. The largest absolute Gasteiger partial charge is 0.440 e. The summed E-state index contributed by atoms with van der Waals surface area (Å²) >= 11 is 1.94. The maximum atomic E-state index is 5.73. The molecule has 96 valence electrons. The molecule has 0 radical (unpaired) electrons. The van der Waals surface area contributed by atoms with Crippen molar-refractivity contribution in [3.63, 3.8) is 0 Å². The predicted molar refractivity (Wildman–Crippen MR) is 76.5 cm³/mol. The van der Waals surface area contributed by atoms with Gasteiger partial charge in [0.25, 0.3) is 0 Å². The third-order valence-electron chi connectivity index (χ3n) is 3.51. The number of fused-ring (bicyclic) bond motifs is 1. The van der Waals surface area contributed by atoms with E-state index in [0.29, 0.717) is 0 Å². The van der Waals surface area contributed by atoms with Gasteiger partial charge in [0.15, 0.2) is 5.58 Å². The molecule has 1 fully saturated rings. The van der Waals surface area contributed by atoms with Crippen LogP contribution in [0.1, 0.15) is 31.6 Å². The van der Waals surface area contributed by atoms with E-state index in [4.69, 9.17) is 10.2 Å². The molecule has 2 aromatic rings. The molecule has 0 bridgehead atoms. The second kappa shape index (κ2) is 5.22. The number of nitrogen functional groups attached to an aromatic ring is 1. The molecule has 1 aromatic carbocycles. The van der Waals surface area contributed by atoms with Gasteiger partial charge in [-0.3, -0.25) is 0 Å². The van der Waals surface area contributed by atoms with Crippen molar-refractivity contribution >= 4 is 28.5 Å². The summed E-state index contributed by atoms with van der Waals surface area (Å²) in [5.74, 6) is 3.83. The first-order valence-electron chi connectivity index (χ1n) is 6.54. The van der Waals surface area contributed by atoms with Gasteiger partial charge < -0.3 is 10.2 Å². The monoisotopic (exact) mass is 262 g/mol. The fraction of sp³-hybridized carbons (Fsp3) is 0.500. The number of thioether (sulfide) groups is 1. The van der Waals surface area contributed by atoms with Crippen molar-refractivity contribution in [2.24, 2.45) is 5.92 Å². The van der Waals surface area contributed by atoms with Crippen molar-refractivity contribution < 1.29 is 4.42 Å². The van der Waals surface area contributed by atoms with Crippen LogP contribution < -0.4 is 5.73 Å². The lowest BCUT2D eigenvalue weighted by Crippen LogP contribution is -1.96. The molecule has 0 atom stereocenters. The van der Waals surface area contributed by atoms with Gasteiger partial charge in [0.1, 0.15) is 5.52 Å². The van der Waals surface area contributed by atoms with Crippen molar-refractivity contribution in [3.8, 4) is 0 Å². The zero-order valence-electron chi connectivity index (χ0n) is 10.4. The molecule has 0 amide bonds. The summed E-state index contributed by atoms with van der Waals surface area (Å²) in [6, 6.07) is 5.61. The maximum Gasteiger partial charge on any atom is 0.205 e. The highest BCUT2D eigenvalue weighted by Crippen LogP contribution is 2.29. The lowest BCUT2D eigenvalue weighted by atomic mass is 10.1. The van der Waals surface area contributed by atoms with Gasteiger partial charge in [-0.25, -0.2) is 4.98 Å². The van der Waals surface area contributed by atoms with E-state index in [-0.39, 0.29) is 0 Å². The molecule has 1 aliphatic rings. The van der Waals surface area contributed by atoms with Crippen LogP contribution >= 0.6 is 11.8 Å². The van der Waals surface area contributed by atoms with Gasteiger partial charge >= 0.3 is 0 Å². The summed E-state index contributed by atoms with van der Waals surface area (Å²) in [7, 11) is 0. The van der Waals surface area contributed by atoms with Crippen LogP contribution in [0.3, 0.4) is 0 Å². The zero-order chi connectivity index (χ0) is 12.4. The van der Waals surface area contributed by atoms with Crippen molar-refractivity contribution in [2.45, 2.75) is 31.4 Å². The van der Waals surface area contributed by atoms with Gasteiger partial charge in [-0.05, 0) is 42.7 Å². The molecule has 1 aromatic heterocycles. The number of nitrogens with two attached hydrogens (primary N) is 1. The Labute approximate surface area is 111 Å². The normalized spacial score (nSPS) is 16.7. The smallest absolute Gasteiger partial charge is 0.205 e. The van der Waals surface area contributed by atoms with Crippen LogP contribution in [0.5, 0.6) is 0 Å². The van der Waals surface area contributed by atoms with E-state index in [1.165, 1.54) is 31.4 Å². The SMILES string of the molecule is Nc1ccc2oc(CSCC3CCCC3)nc2c1. The first-order valence-corrected chi connectivity index (χ1v) is 7.69. The number of anilines is 1. The average molecular weight is 262 g/mol. The number of hydrogen-bond donors (Lipinski definition) is 1. The van der Waals surface area contributed by atoms with Crippen LogP contribution in [0.25, 0.3) is 11.1 Å². The van der Waals surface area contributed by atoms with Crippen LogP contribution in [0.15, 0.2) is 22.6 Å². The Morgan fingerprint density at radius 2 is 2.17 bits per heavy atom. The van der Waals surface area contributed by atoms with Gasteiger partial charge in [0, 0.05) is 5.69 Å². The first kappa shape index (κ1) is 11.9. The molecular weight excluding hydrogens is 244 g/mol. The predicted octanol–water partition coefficient (Wildman–Crippen LogP) is 3.83. The van der Waals surface area contributed by atoms with Crippen LogP contribution in [0.2, 0.25) is 0 Å². The standard InChI is InChI=1S/C14H18N2OS/c15-11-5-6-13-12(7-11)16-14(17-13)9-18-8-10-3-1-2-4-10/h5-7,10H,1-4,8-9,15H2. The van der Waals surface area contributed by atoms with Crippen LogP contribution in [0, 0.1) is 5.92 Å². The second-order valence-electron chi connectivity index (χ2n) is 5.00. The Morgan fingerprint density at radius 3 is 3.00 bits per heavy atom. The molecule has 1 aliphatic carbocycles. The highest BCUT2D eigenvalue weighted by Gasteiger charge is 2.15. The second-order valence-corrected chi connectivity index (χ2v) is 6.03. The molecule has 0 spiro atoms. The van der Waals surface area contributed by atoms with Crippen molar-refractivity contribution in [2.75, 3.05) is 11.5 Å². The number of oxazole rings is 1. The topological polar surface area (TPSA) is 52.0 Å². The van der Waals surface area contributed by atoms with Crippen molar-refractivity contribution in [3.05, 3.63) is 24.1 Å². The maximum absolute atomic E-state index is 5.73. The number of aromatic nitrogens is 1. The fourth-order valence-electron chi connectivity index (χ4n) is 2.54. The lowest BCUT2D eigenvalue weighted by Gasteiger charge is -2.05. The quantitative estimate of drug-likeness (QED) is 0.851. The summed E-state index contributed by atoms with van der Waals surface area (Å²) in [6.07, 6.45) is 5.62. The van der Waals surface area contributed by atoms with Crippen molar-refractivity contribution in [1.29, 1.82) is 0 Å². The minimum Gasteiger partial charge on any atom is -0.440 e. The van der Waals surface area contributed by atoms with E-state index < -0.39 is 0 Å². The highest BCUT2D eigenvalue weighted by molar-refractivity contribution is 7.98. The van der Waals surface area contributed by atoms with E-state index >= 15 is 0 Å². The molecule has 2 N–H and O–H groups in total. The Balaban J connectivity index is 1.60. The fourth-order valence-corrected chi connectivity index (χ4v) is 3.63. The number of nitrogens with zero attached hydrogens (tertiary/aromatic N) is 1. The molecular formula is C14H18N2OS. The van der Waals surface area contributed by atoms with E-state index in [2.05, 4.69) is 4.98 Å². The molecule has 0 aliphatic heterocycles. The summed E-state index contributed by atoms with van der Waals surface area (Å²) in [6.45, 7) is 0. The lowest BCUT2D eigenvalue weighted by molar-refractivity contribution is 0.555. The van der Waals surface area contributed by atoms with E-state index in [1.807, 2.05) is 30.0 Å². The summed E-state index contributed by atoms with van der Waals surface area (Å²) in [5, 5.41) is 0. The first-order chi connectivity index (χ1) is 8.81. The zero-order valence-corrected chi connectivity index (χ0v) is 11.2. The molecule has 18 heavy (non-hydrogen) atoms. The molecule has 3 rings (SSSR count). The Kier molecular flexibility index (Phi) is 3.46. The molecule has 1 saturated carbocycles. The van der Waals surface area contributed by atoms with Crippen LogP contribution in [-0.2, 0) is 5.75 Å². The number of hydrogen-bond acceptors (Lipinski definition) is 4. The molecule has 1 heterocycles. The van der Waals surface area contributed by atoms with E-state index in [1.54, 1.807) is 0 Å². The Hall–Kier alpha value is -1.16. The van der Waals surface area contributed by atoms with E-state index in [0.717, 1.165) is 34.3 Å². The molecule has 0 unspecified atom stereocenters. The summed E-state index contributed by atoms with van der Waals surface area (Å²) in [5.41, 5.74) is 8.17. The van der Waals surface area contributed by atoms with E-state index in [9.17, 15) is 0 Å². The highest BCUT2D eigenvalue weighted by atomic mass is 32.2. The third kappa shape index (κ3) is 2.64. The Morgan fingerprint density at radius 1 is 1.33 bits per heavy atom. The van der Waals surface area contributed by atoms with Gasteiger partial charge in [0.2, 0.25) is 5.89 Å². The van der Waals surface area contributed by atoms with Gasteiger partial charge in [-0.2, -0.15) is 11.8 Å². The molecule has 3 nitrogen and oxygen atoms in total. The average Bonchev–Trinajstić information content (AvgIpc) is 2.97. The van der Waals surface area contributed by atoms with Crippen LogP contribution in [0.4, 0.5) is 5.69 Å². The van der Waals surface area contributed by atoms with Gasteiger partial charge in [0.05, 0.1) is 5.75 Å². The number of benzene rings is 1.